The van der Waals surface area contributed by atoms with Gasteiger partial charge >= 0.3 is 0 Å². The molecule has 1 atom stereocenters. The monoisotopic (exact) mass is 186 g/mol. The van der Waals surface area contributed by atoms with Gasteiger partial charge in [0.25, 0.3) is 0 Å². The lowest BCUT2D eigenvalue weighted by atomic mass is 10.2. The van der Waals surface area contributed by atoms with E-state index in [2.05, 4.69) is 11.9 Å². The van der Waals surface area contributed by atoms with Crippen molar-refractivity contribution in [1.82, 2.24) is 5.32 Å². The molecule has 4 heteroatoms. The summed E-state index contributed by atoms with van der Waals surface area (Å²) in [5.74, 6) is -0.147. The molecular weight excluding hydrogens is 166 g/mol. The highest BCUT2D eigenvalue weighted by atomic mass is 16.1. The molecule has 0 fully saturated rings. The summed E-state index contributed by atoms with van der Waals surface area (Å²) in [6.45, 7) is 3.97. The zero-order chi connectivity index (χ0) is 10.5. The van der Waals surface area contributed by atoms with Crippen LogP contribution in [0.1, 0.15) is 6.42 Å². The topological polar surface area (TPSA) is 55.1 Å². The first-order valence-electron chi connectivity index (χ1n) is 4.36. The summed E-state index contributed by atoms with van der Waals surface area (Å²) < 4.78 is 0.663. The van der Waals surface area contributed by atoms with Crippen molar-refractivity contribution in [3.05, 3.63) is 12.7 Å². The van der Waals surface area contributed by atoms with E-state index in [1.165, 1.54) is 6.08 Å². The van der Waals surface area contributed by atoms with E-state index in [4.69, 9.17) is 5.73 Å². The van der Waals surface area contributed by atoms with Crippen molar-refractivity contribution >= 4 is 5.91 Å². The Kier molecular flexibility index (Phi) is 4.66. The molecule has 0 aromatic carbocycles. The molecule has 3 N–H and O–H groups in total. The zero-order valence-corrected chi connectivity index (χ0v) is 8.71. The van der Waals surface area contributed by atoms with Crippen LogP contribution in [-0.4, -0.2) is 44.2 Å². The number of amides is 1. The summed E-state index contributed by atoms with van der Waals surface area (Å²) in [6.07, 6.45) is 2.10. The lowest BCUT2D eigenvalue weighted by Crippen LogP contribution is -2.55. The molecule has 0 heterocycles. The van der Waals surface area contributed by atoms with E-state index in [1.807, 2.05) is 21.1 Å². The van der Waals surface area contributed by atoms with Crippen molar-refractivity contribution in [2.24, 2.45) is 5.73 Å². The molecule has 0 aromatic heterocycles. The molecule has 0 aliphatic carbocycles. The Hall–Kier alpha value is -0.870. The summed E-state index contributed by atoms with van der Waals surface area (Å²) in [5.41, 5.74) is 5.46. The van der Waals surface area contributed by atoms with Gasteiger partial charge in [-0.3, -0.25) is 4.79 Å². The maximum Gasteiger partial charge on any atom is 0.247 e. The Morgan fingerprint density at radius 2 is 2.15 bits per heavy atom. The van der Waals surface area contributed by atoms with Crippen molar-refractivity contribution in [3.63, 3.8) is 0 Å². The molecular formula is C9H20N3O+. The highest BCUT2D eigenvalue weighted by Gasteiger charge is 2.23. The normalized spacial score (nSPS) is 13.5. The van der Waals surface area contributed by atoms with Crippen LogP contribution in [0.3, 0.4) is 0 Å². The van der Waals surface area contributed by atoms with Crippen LogP contribution in [-0.2, 0) is 4.79 Å². The van der Waals surface area contributed by atoms with E-state index in [0.29, 0.717) is 11.0 Å². The van der Waals surface area contributed by atoms with Crippen LogP contribution in [0.2, 0.25) is 0 Å². The summed E-state index contributed by atoms with van der Waals surface area (Å²) >= 11 is 0. The van der Waals surface area contributed by atoms with Crippen molar-refractivity contribution in [2.45, 2.75) is 12.6 Å². The summed E-state index contributed by atoms with van der Waals surface area (Å²) in [6, 6.07) is 0. The Labute approximate surface area is 80.0 Å². The second-order valence-corrected chi connectivity index (χ2v) is 3.92. The average Bonchev–Trinajstić information content (AvgIpc) is 2.01. The van der Waals surface area contributed by atoms with Gasteiger partial charge in [0.1, 0.15) is 0 Å². The van der Waals surface area contributed by atoms with E-state index >= 15 is 0 Å². The van der Waals surface area contributed by atoms with Gasteiger partial charge in [-0.05, 0) is 12.6 Å². The summed E-state index contributed by atoms with van der Waals surface area (Å²) in [4.78, 5) is 11.1. The minimum absolute atomic E-state index is 0.0514. The number of hydrogen-bond donors (Lipinski definition) is 2. The third kappa shape index (κ3) is 4.65. The predicted molar refractivity (Wildman–Crippen MR) is 53.8 cm³/mol. The average molecular weight is 186 g/mol. The standard InChI is InChI=1S/C9H19N3O/c1-5-9(13)11-8(6-7-10)12(2,3)4/h5,8H,1,6-7,10H2,2-4H3/p+1. The third-order valence-corrected chi connectivity index (χ3v) is 1.87. The van der Waals surface area contributed by atoms with Gasteiger partial charge in [-0.25, -0.2) is 0 Å². The molecule has 1 unspecified atom stereocenters. The van der Waals surface area contributed by atoms with Crippen LogP contribution in [0, 0.1) is 0 Å². The first-order chi connectivity index (χ1) is 5.91. The predicted octanol–water partition coefficient (Wildman–Crippen LogP) is -0.330. The molecule has 0 aliphatic rings. The molecule has 76 valence electrons. The second-order valence-electron chi connectivity index (χ2n) is 3.92. The lowest BCUT2D eigenvalue weighted by molar-refractivity contribution is -0.898. The number of quaternary nitrogens is 1. The number of carbonyl (C=O) groups is 1. The molecule has 0 spiro atoms. The molecule has 0 aliphatic heterocycles. The van der Waals surface area contributed by atoms with Crippen molar-refractivity contribution in [3.8, 4) is 0 Å². The van der Waals surface area contributed by atoms with Crippen LogP contribution in [0.25, 0.3) is 0 Å². The molecule has 0 bridgehead atoms. The summed E-state index contributed by atoms with van der Waals surface area (Å²) in [5, 5.41) is 2.84. The van der Waals surface area contributed by atoms with Gasteiger partial charge in [0.2, 0.25) is 5.91 Å². The number of rotatable bonds is 5. The van der Waals surface area contributed by atoms with E-state index < -0.39 is 0 Å². The van der Waals surface area contributed by atoms with Crippen LogP contribution in [0.15, 0.2) is 12.7 Å². The molecule has 13 heavy (non-hydrogen) atoms. The molecule has 0 aromatic rings. The van der Waals surface area contributed by atoms with Crippen LogP contribution in [0.4, 0.5) is 0 Å². The number of nitrogens with zero attached hydrogens (tertiary/aromatic N) is 1. The minimum atomic E-state index is -0.147. The number of nitrogens with one attached hydrogen (secondary N) is 1. The quantitative estimate of drug-likeness (QED) is 0.351. The fraction of sp³-hybridized carbons (Fsp3) is 0.667. The Balaban J connectivity index is 4.26. The first kappa shape index (κ1) is 12.1. The van der Waals surface area contributed by atoms with Gasteiger partial charge in [0, 0.05) is 6.42 Å². The third-order valence-electron chi connectivity index (χ3n) is 1.87. The van der Waals surface area contributed by atoms with E-state index in [0.717, 1.165) is 6.42 Å². The zero-order valence-electron chi connectivity index (χ0n) is 8.71. The highest BCUT2D eigenvalue weighted by Crippen LogP contribution is 2.03. The van der Waals surface area contributed by atoms with E-state index in [1.54, 1.807) is 0 Å². The van der Waals surface area contributed by atoms with E-state index in [9.17, 15) is 4.79 Å². The smallest absolute Gasteiger partial charge is 0.247 e. The van der Waals surface area contributed by atoms with Gasteiger partial charge in [-0.1, -0.05) is 6.58 Å². The molecule has 4 nitrogen and oxygen atoms in total. The van der Waals surface area contributed by atoms with Gasteiger partial charge in [0.15, 0.2) is 6.17 Å². The van der Waals surface area contributed by atoms with Crippen molar-refractivity contribution in [2.75, 3.05) is 27.7 Å². The SMILES string of the molecule is C=CC(=O)NC(CCN)[N+](C)(C)C. The minimum Gasteiger partial charge on any atom is -0.330 e. The van der Waals surface area contributed by atoms with Crippen molar-refractivity contribution in [1.29, 1.82) is 0 Å². The lowest BCUT2D eigenvalue weighted by Gasteiger charge is -2.34. The fourth-order valence-corrected chi connectivity index (χ4v) is 1.03. The number of nitrogens with two attached hydrogens (primary N) is 1. The molecule has 1 amide bonds. The molecule has 0 rings (SSSR count). The van der Waals surface area contributed by atoms with Crippen LogP contribution in [0.5, 0.6) is 0 Å². The second kappa shape index (κ2) is 4.99. The number of hydrogen-bond acceptors (Lipinski definition) is 2. The molecule has 0 saturated carbocycles. The van der Waals surface area contributed by atoms with E-state index in [-0.39, 0.29) is 12.1 Å². The van der Waals surface area contributed by atoms with Gasteiger partial charge in [0.05, 0.1) is 21.1 Å². The van der Waals surface area contributed by atoms with Crippen molar-refractivity contribution < 1.29 is 9.28 Å². The van der Waals surface area contributed by atoms with Gasteiger partial charge in [-0.15, -0.1) is 0 Å². The maximum atomic E-state index is 11.1. The molecule has 0 saturated heterocycles. The van der Waals surface area contributed by atoms with Gasteiger partial charge in [-0.2, -0.15) is 0 Å². The summed E-state index contributed by atoms with van der Waals surface area (Å²) in [7, 11) is 6.05. The largest absolute Gasteiger partial charge is 0.330 e. The van der Waals surface area contributed by atoms with Gasteiger partial charge < -0.3 is 15.5 Å². The van der Waals surface area contributed by atoms with Crippen LogP contribution < -0.4 is 11.1 Å². The fourth-order valence-electron chi connectivity index (χ4n) is 1.03. The number of carbonyl (C=O) groups excluding carboxylic acids is 1. The highest BCUT2D eigenvalue weighted by molar-refractivity contribution is 5.86. The molecule has 0 radical (unpaired) electrons. The Bertz CT molecular complexity index is 184. The maximum absolute atomic E-state index is 11.1. The first-order valence-corrected chi connectivity index (χ1v) is 4.36. The van der Waals surface area contributed by atoms with Crippen LogP contribution >= 0.6 is 0 Å². The Morgan fingerprint density at radius 3 is 2.46 bits per heavy atom. The Morgan fingerprint density at radius 1 is 1.62 bits per heavy atom.